The van der Waals surface area contributed by atoms with Crippen LogP contribution in [0.3, 0.4) is 0 Å². The number of amides is 2. The molecule has 35 heavy (non-hydrogen) atoms. The topological polar surface area (TPSA) is 96.0 Å². The second-order valence-corrected chi connectivity index (χ2v) is 11.6. The highest BCUT2D eigenvalue weighted by Gasteiger charge is 2.31. The van der Waals surface area contributed by atoms with Crippen LogP contribution in [0.25, 0.3) is 0 Å². The van der Waals surface area contributed by atoms with Crippen molar-refractivity contribution < 1.29 is 22.7 Å². The van der Waals surface area contributed by atoms with Crippen LogP contribution in [0.2, 0.25) is 0 Å². The molecule has 2 amide bonds. The Labute approximate surface area is 215 Å². The first-order chi connectivity index (χ1) is 16.6. The molecule has 0 heterocycles. The smallest absolute Gasteiger partial charge is 0.244 e. The summed E-state index contributed by atoms with van der Waals surface area (Å²) in [4.78, 5) is 28.1. The minimum atomic E-state index is -3.76. The number of benzene rings is 2. The molecule has 2 aromatic rings. The van der Waals surface area contributed by atoms with Crippen LogP contribution in [-0.2, 0) is 26.2 Å². The SMILES string of the molecule is COc1cccc(CN(C(=O)CN(c2ccc(Br)cc2)S(C)(=O)=O)C(C)C(=O)NC2CCCC2)c1. The first kappa shape index (κ1) is 27.0. The average molecular weight is 567 g/mol. The molecule has 0 bridgehead atoms. The lowest BCUT2D eigenvalue weighted by molar-refractivity contribution is -0.139. The van der Waals surface area contributed by atoms with E-state index in [-0.39, 0.29) is 18.5 Å². The summed E-state index contributed by atoms with van der Waals surface area (Å²) in [6.07, 6.45) is 5.05. The number of methoxy groups -OCH3 is 1. The van der Waals surface area contributed by atoms with E-state index in [1.807, 2.05) is 12.1 Å². The van der Waals surface area contributed by atoms with Crippen molar-refractivity contribution in [1.82, 2.24) is 10.2 Å². The van der Waals surface area contributed by atoms with Gasteiger partial charge in [0.15, 0.2) is 0 Å². The summed E-state index contributed by atoms with van der Waals surface area (Å²) in [5.74, 6) is -0.0940. The summed E-state index contributed by atoms with van der Waals surface area (Å²) in [5.41, 5.74) is 1.14. The summed E-state index contributed by atoms with van der Waals surface area (Å²) in [7, 11) is -2.20. The normalized spacial score (nSPS) is 14.9. The molecule has 10 heteroatoms. The van der Waals surface area contributed by atoms with Gasteiger partial charge in [0.1, 0.15) is 18.3 Å². The highest BCUT2D eigenvalue weighted by molar-refractivity contribution is 9.10. The number of anilines is 1. The van der Waals surface area contributed by atoms with E-state index >= 15 is 0 Å². The maximum Gasteiger partial charge on any atom is 0.244 e. The lowest BCUT2D eigenvalue weighted by Crippen LogP contribution is -2.52. The number of hydrogen-bond acceptors (Lipinski definition) is 5. The van der Waals surface area contributed by atoms with Crippen LogP contribution >= 0.6 is 15.9 Å². The van der Waals surface area contributed by atoms with Gasteiger partial charge in [-0.25, -0.2) is 8.42 Å². The number of carbonyl (C=O) groups is 2. The zero-order valence-corrected chi connectivity index (χ0v) is 22.6. The van der Waals surface area contributed by atoms with Crippen LogP contribution in [0.15, 0.2) is 53.0 Å². The number of hydrogen-bond donors (Lipinski definition) is 1. The number of sulfonamides is 1. The summed E-state index contributed by atoms with van der Waals surface area (Å²) in [6, 6.07) is 13.2. The highest BCUT2D eigenvalue weighted by Crippen LogP contribution is 2.23. The van der Waals surface area contributed by atoms with Crippen molar-refractivity contribution in [3.63, 3.8) is 0 Å². The van der Waals surface area contributed by atoms with Crippen LogP contribution in [0.4, 0.5) is 5.69 Å². The van der Waals surface area contributed by atoms with Gasteiger partial charge < -0.3 is 15.0 Å². The molecule has 1 atom stereocenters. The standard InChI is InChI=1S/C25H32BrN3O5S/c1-18(25(31)27-21-8-4-5-9-21)28(16-19-7-6-10-23(15-19)34-2)24(30)17-29(35(3,32)33)22-13-11-20(26)12-14-22/h6-7,10-15,18,21H,4-5,8-9,16-17H2,1-3H3,(H,27,31). The molecule has 0 radical (unpaired) electrons. The Morgan fingerprint density at radius 2 is 1.80 bits per heavy atom. The molecule has 0 aromatic heterocycles. The van der Waals surface area contributed by atoms with E-state index in [4.69, 9.17) is 4.74 Å². The van der Waals surface area contributed by atoms with Crippen LogP contribution < -0.4 is 14.4 Å². The van der Waals surface area contributed by atoms with Gasteiger partial charge in [0.2, 0.25) is 21.8 Å². The zero-order chi connectivity index (χ0) is 25.6. The predicted molar refractivity (Wildman–Crippen MR) is 140 cm³/mol. The van der Waals surface area contributed by atoms with Crippen molar-refractivity contribution in [2.75, 3.05) is 24.2 Å². The lowest BCUT2D eigenvalue weighted by Gasteiger charge is -2.32. The molecule has 1 saturated carbocycles. The van der Waals surface area contributed by atoms with E-state index in [9.17, 15) is 18.0 Å². The van der Waals surface area contributed by atoms with Gasteiger partial charge in [0, 0.05) is 17.1 Å². The van der Waals surface area contributed by atoms with Gasteiger partial charge in [-0.1, -0.05) is 40.9 Å². The van der Waals surface area contributed by atoms with E-state index in [1.165, 1.54) is 4.90 Å². The largest absolute Gasteiger partial charge is 0.497 e. The maximum absolute atomic E-state index is 13.6. The van der Waals surface area contributed by atoms with Crippen molar-refractivity contribution in [2.24, 2.45) is 0 Å². The number of ether oxygens (including phenoxy) is 1. The molecule has 3 rings (SSSR count). The fourth-order valence-corrected chi connectivity index (χ4v) is 5.28. The Kier molecular flexibility index (Phi) is 9.18. The van der Waals surface area contributed by atoms with Crippen LogP contribution in [-0.4, -0.2) is 57.1 Å². The molecular weight excluding hydrogens is 534 g/mol. The summed E-state index contributed by atoms with van der Waals surface area (Å²) in [6.45, 7) is 1.38. The van der Waals surface area contributed by atoms with E-state index in [2.05, 4.69) is 21.2 Å². The molecule has 190 valence electrons. The third-order valence-electron chi connectivity index (χ3n) is 6.15. The van der Waals surface area contributed by atoms with Gasteiger partial charge in [-0.05, 0) is 61.7 Å². The van der Waals surface area contributed by atoms with Crippen molar-refractivity contribution in [3.8, 4) is 5.75 Å². The summed E-state index contributed by atoms with van der Waals surface area (Å²) in [5, 5.41) is 3.05. The molecule has 0 aliphatic heterocycles. The monoisotopic (exact) mass is 565 g/mol. The van der Waals surface area contributed by atoms with Crippen molar-refractivity contribution in [2.45, 2.75) is 51.2 Å². The van der Waals surface area contributed by atoms with Gasteiger partial charge in [-0.15, -0.1) is 0 Å². The number of nitrogens with one attached hydrogen (secondary N) is 1. The fourth-order valence-electron chi connectivity index (χ4n) is 4.16. The minimum absolute atomic E-state index is 0.106. The Bertz CT molecular complexity index is 1130. The van der Waals surface area contributed by atoms with Gasteiger partial charge >= 0.3 is 0 Å². The van der Waals surface area contributed by atoms with Gasteiger partial charge in [0.05, 0.1) is 19.1 Å². The molecule has 1 N–H and O–H groups in total. The van der Waals surface area contributed by atoms with Gasteiger partial charge in [-0.3, -0.25) is 13.9 Å². The molecule has 1 unspecified atom stereocenters. The lowest BCUT2D eigenvalue weighted by atomic mass is 10.1. The average Bonchev–Trinajstić information content (AvgIpc) is 3.33. The summed E-state index contributed by atoms with van der Waals surface area (Å²) >= 11 is 3.34. The Morgan fingerprint density at radius 3 is 2.40 bits per heavy atom. The van der Waals surface area contributed by atoms with E-state index < -0.39 is 28.5 Å². The van der Waals surface area contributed by atoms with E-state index in [0.29, 0.717) is 11.4 Å². The molecule has 1 fully saturated rings. The second kappa shape index (κ2) is 11.9. The minimum Gasteiger partial charge on any atom is -0.497 e. The molecule has 8 nitrogen and oxygen atoms in total. The van der Waals surface area contributed by atoms with Crippen LogP contribution in [0, 0.1) is 0 Å². The quantitative estimate of drug-likeness (QED) is 0.473. The predicted octanol–water partition coefficient (Wildman–Crippen LogP) is 3.70. The van der Waals surface area contributed by atoms with Crippen molar-refractivity contribution in [1.29, 1.82) is 0 Å². The van der Waals surface area contributed by atoms with Crippen LogP contribution in [0.5, 0.6) is 5.75 Å². The maximum atomic E-state index is 13.6. The Hall–Kier alpha value is -2.59. The number of carbonyl (C=O) groups excluding carboxylic acids is 2. The Balaban J connectivity index is 1.88. The third kappa shape index (κ3) is 7.44. The molecule has 2 aromatic carbocycles. The second-order valence-electron chi connectivity index (χ2n) is 8.79. The van der Waals surface area contributed by atoms with Gasteiger partial charge in [-0.2, -0.15) is 0 Å². The third-order valence-corrected chi connectivity index (χ3v) is 7.82. The van der Waals surface area contributed by atoms with Crippen LogP contribution in [0.1, 0.15) is 38.2 Å². The number of nitrogens with zero attached hydrogens (tertiary/aromatic N) is 2. The highest BCUT2D eigenvalue weighted by atomic mass is 79.9. The molecule has 0 saturated heterocycles. The zero-order valence-electron chi connectivity index (χ0n) is 20.2. The molecule has 1 aliphatic carbocycles. The Morgan fingerprint density at radius 1 is 1.14 bits per heavy atom. The van der Waals surface area contributed by atoms with E-state index in [1.54, 1.807) is 50.4 Å². The number of rotatable bonds is 10. The molecule has 0 spiro atoms. The summed E-state index contributed by atoms with van der Waals surface area (Å²) < 4.78 is 32.3. The van der Waals surface area contributed by atoms with Crippen molar-refractivity contribution >= 4 is 43.5 Å². The molecule has 1 aliphatic rings. The first-order valence-electron chi connectivity index (χ1n) is 11.5. The fraction of sp³-hybridized carbons (Fsp3) is 0.440. The number of halogens is 1. The van der Waals surface area contributed by atoms with E-state index in [0.717, 1.165) is 46.3 Å². The molecular formula is C25H32BrN3O5S. The van der Waals surface area contributed by atoms with Gasteiger partial charge in [0.25, 0.3) is 0 Å². The van der Waals surface area contributed by atoms with Crippen molar-refractivity contribution in [3.05, 3.63) is 58.6 Å². The first-order valence-corrected chi connectivity index (χ1v) is 14.2.